The van der Waals surface area contributed by atoms with Gasteiger partial charge in [0.2, 0.25) is 11.7 Å². The van der Waals surface area contributed by atoms with Crippen LogP contribution in [0.5, 0.6) is 17.2 Å². The number of carbonyl (C=O) groups is 2. The Hall–Kier alpha value is -3.29. The molecule has 0 bridgehead atoms. The Morgan fingerprint density at radius 2 is 1.68 bits per heavy atom. The summed E-state index contributed by atoms with van der Waals surface area (Å²) in [4.78, 5) is 26.1. The van der Waals surface area contributed by atoms with E-state index in [2.05, 4.69) is 5.32 Å². The van der Waals surface area contributed by atoms with Gasteiger partial charge in [-0.15, -0.1) is 0 Å². The van der Waals surface area contributed by atoms with Gasteiger partial charge in [0.15, 0.2) is 11.5 Å². The van der Waals surface area contributed by atoms with E-state index in [4.69, 9.17) is 14.2 Å². The fraction of sp³-hybridized carbons (Fsp3) is 0.300. The first kappa shape index (κ1) is 21.0. The third-order valence-electron chi connectivity index (χ3n) is 4.06. The fourth-order valence-electron chi connectivity index (χ4n) is 2.60. The van der Waals surface area contributed by atoms with E-state index in [9.17, 15) is 14.0 Å². The topological polar surface area (TPSA) is 77.1 Å². The minimum Gasteiger partial charge on any atom is -0.493 e. The molecule has 2 aromatic rings. The lowest BCUT2D eigenvalue weighted by molar-refractivity contribution is -0.129. The molecule has 0 radical (unpaired) electrons. The standard InChI is InChI=1S/C20H23FN2O5/c1-23(12-13-6-5-7-15(21)8-13)18(24)11-22-20(25)14-9-16(26-2)19(28-4)17(10-14)27-3/h5-10H,11-12H2,1-4H3,(H,22,25). The molecule has 2 rings (SSSR count). The van der Waals surface area contributed by atoms with Crippen LogP contribution < -0.4 is 19.5 Å². The lowest BCUT2D eigenvalue weighted by atomic mass is 10.1. The molecule has 7 nitrogen and oxygen atoms in total. The maximum atomic E-state index is 13.2. The fourth-order valence-corrected chi connectivity index (χ4v) is 2.60. The molecule has 0 unspecified atom stereocenters. The first-order valence-corrected chi connectivity index (χ1v) is 8.46. The van der Waals surface area contributed by atoms with Crippen LogP contribution >= 0.6 is 0 Å². The summed E-state index contributed by atoms with van der Waals surface area (Å²) >= 11 is 0. The van der Waals surface area contributed by atoms with Gasteiger partial charge in [-0.3, -0.25) is 9.59 Å². The number of nitrogens with zero attached hydrogens (tertiary/aromatic N) is 1. The molecule has 0 aliphatic rings. The van der Waals surface area contributed by atoms with Gasteiger partial charge < -0.3 is 24.4 Å². The summed E-state index contributed by atoms with van der Waals surface area (Å²) in [5.41, 5.74) is 0.918. The predicted octanol–water partition coefficient (Wildman–Crippen LogP) is 2.24. The monoisotopic (exact) mass is 390 g/mol. The number of hydrogen-bond donors (Lipinski definition) is 1. The molecule has 1 N–H and O–H groups in total. The molecule has 0 aliphatic carbocycles. The van der Waals surface area contributed by atoms with Gasteiger partial charge in [0.25, 0.3) is 5.91 Å². The highest BCUT2D eigenvalue weighted by Gasteiger charge is 2.18. The minimum atomic E-state index is -0.466. The van der Waals surface area contributed by atoms with Crippen molar-refractivity contribution in [3.63, 3.8) is 0 Å². The van der Waals surface area contributed by atoms with Crippen LogP contribution in [0.3, 0.4) is 0 Å². The largest absolute Gasteiger partial charge is 0.493 e. The molecule has 2 aromatic carbocycles. The molecule has 0 atom stereocenters. The minimum absolute atomic E-state index is 0.207. The molecule has 0 heterocycles. The molecule has 0 aliphatic heterocycles. The van der Waals surface area contributed by atoms with Crippen molar-refractivity contribution in [2.24, 2.45) is 0 Å². The van der Waals surface area contributed by atoms with Crippen LogP contribution in [-0.2, 0) is 11.3 Å². The number of nitrogens with one attached hydrogen (secondary N) is 1. The molecule has 150 valence electrons. The molecule has 28 heavy (non-hydrogen) atoms. The quantitative estimate of drug-likeness (QED) is 0.748. The molecular weight excluding hydrogens is 367 g/mol. The predicted molar refractivity (Wildman–Crippen MR) is 101 cm³/mol. The third kappa shape index (κ3) is 5.12. The van der Waals surface area contributed by atoms with Crippen molar-refractivity contribution in [1.82, 2.24) is 10.2 Å². The van der Waals surface area contributed by atoms with Crippen molar-refractivity contribution in [2.75, 3.05) is 34.9 Å². The Kier molecular flexibility index (Phi) is 7.20. The smallest absolute Gasteiger partial charge is 0.251 e. The van der Waals surface area contributed by atoms with Gasteiger partial charge in [-0.1, -0.05) is 12.1 Å². The second kappa shape index (κ2) is 9.59. The summed E-state index contributed by atoms with van der Waals surface area (Å²) in [6.45, 7) is 0.0257. The number of benzene rings is 2. The Morgan fingerprint density at radius 1 is 1.04 bits per heavy atom. The van der Waals surface area contributed by atoms with Crippen LogP contribution in [0.25, 0.3) is 0 Å². The normalized spacial score (nSPS) is 10.2. The Bertz CT molecular complexity index is 831. The zero-order chi connectivity index (χ0) is 20.7. The van der Waals surface area contributed by atoms with Crippen molar-refractivity contribution < 1.29 is 28.2 Å². The van der Waals surface area contributed by atoms with Crippen LogP contribution in [0.15, 0.2) is 36.4 Å². The number of halogens is 1. The van der Waals surface area contributed by atoms with Crippen molar-refractivity contribution >= 4 is 11.8 Å². The number of rotatable bonds is 8. The summed E-state index contributed by atoms with van der Waals surface area (Å²) < 4.78 is 28.9. The average molecular weight is 390 g/mol. The van der Waals surface area contributed by atoms with E-state index in [1.807, 2.05) is 0 Å². The van der Waals surface area contributed by atoms with Gasteiger partial charge in [0, 0.05) is 19.2 Å². The van der Waals surface area contributed by atoms with Crippen molar-refractivity contribution in [2.45, 2.75) is 6.54 Å². The number of likely N-dealkylation sites (N-methyl/N-ethyl adjacent to an activating group) is 1. The Labute approximate surface area is 163 Å². The molecule has 8 heteroatoms. The molecule has 0 aromatic heterocycles. The number of methoxy groups -OCH3 is 3. The first-order chi connectivity index (χ1) is 13.4. The summed E-state index contributed by atoms with van der Waals surface area (Å²) in [5, 5.41) is 2.56. The van der Waals surface area contributed by atoms with Crippen molar-refractivity contribution in [1.29, 1.82) is 0 Å². The highest BCUT2D eigenvalue weighted by atomic mass is 19.1. The zero-order valence-corrected chi connectivity index (χ0v) is 16.2. The van der Waals surface area contributed by atoms with Crippen LogP contribution in [0.2, 0.25) is 0 Å². The van der Waals surface area contributed by atoms with E-state index in [1.54, 1.807) is 19.2 Å². The number of ether oxygens (including phenoxy) is 3. The van der Waals surface area contributed by atoms with E-state index in [0.717, 1.165) is 0 Å². The number of hydrogen-bond acceptors (Lipinski definition) is 5. The van der Waals surface area contributed by atoms with Crippen LogP contribution in [0.1, 0.15) is 15.9 Å². The van der Waals surface area contributed by atoms with E-state index in [1.165, 1.54) is 50.5 Å². The molecule has 0 saturated carbocycles. The van der Waals surface area contributed by atoms with E-state index >= 15 is 0 Å². The molecule has 0 fully saturated rings. The van der Waals surface area contributed by atoms with Gasteiger partial charge in [0.1, 0.15) is 5.82 Å². The maximum Gasteiger partial charge on any atom is 0.251 e. The van der Waals surface area contributed by atoms with Crippen molar-refractivity contribution in [3.8, 4) is 17.2 Å². The molecular formula is C20H23FN2O5. The van der Waals surface area contributed by atoms with Crippen LogP contribution in [0, 0.1) is 5.82 Å². The summed E-state index contributed by atoms with van der Waals surface area (Å²) in [5.74, 6) is -0.110. The van der Waals surface area contributed by atoms with E-state index in [-0.39, 0.29) is 30.4 Å². The average Bonchev–Trinajstić information content (AvgIpc) is 2.70. The SMILES string of the molecule is COc1cc(C(=O)NCC(=O)N(C)Cc2cccc(F)c2)cc(OC)c1OC. The van der Waals surface area contributed by atoms with Gasteiger partial charge in [0.05, 0.1) is 27.9 Å². The summed E-state index contributed by atoms with van der Waals surface area (Å²) in [7, 11) is 5.94. The second-order valence-electron chi connectivity index (χ2n) is 5.98. The summed E-state index contributed by atoms with van der Waals surface area (Å²) in [6.07, 6.45) is 0. The lowest BCUT2D eigenvalue weighted by Crippen LogP contribution is -2.37. The second-order valence-corrected chi connectivity index (χ2v) is 5.98. The van der Waals surface area contributed by atoms with Crippen molar-refractivity contribution in [3.05, 3.63) is 53.3 Å². The van der Waals surface area contributed by atoms with E-state index in [0.29, 0.717) is 22.8 Å². The van der Waals surface area contributed by atoms with Gasteiger partial charge >= 0.3 is 0 Å². The highest BCUT2D eigenvalue weighted by Crippen LogP contribution is 2.38. The lowest BCUT2D eigenvalue weighted by Gasteiger charge is -2.18. The van der Waals surface area contributed by atoms with Gasteiger partial charge in [-0.25, -0.2) is 4.39 Å². The summed E-state index contributed by atoms with van der Waals surface area (Å²) in [6, 6.07) is 8.99. The Balaban J connectivity index is 2.02. The van der Waals surface area contributed by atoms with Crippen LogP contribution in [-0.4, -0.2) is 51.6 Å². The Morgan fingerprint density at radius 3 is 2.21 bits per heavy atom. The number of carbonyl (C=O) groups excluding carboxylic acids is 2. The third-order valence-corrected chi connectivity index (χ3v) is 4.06. The molecule has 0 spiro atoms. The number of amides is 2. The van der Waals surface area contributed by atoms with Crippen LogP contribution in [0.4, 0.5) is 4.39 Å². The molecule has 0 saturated heterocycles. The first-order valence-electron chi connectivity index (χ1n) is 8.46. The maximum absolute atomic E-state index is 13.2. The zero-order valence-electron chi connectivity index (χ0n) is 16.2. The van der Waals surface area contributed by atoms with Gasteiger partial charge in [-0.2, -0.15) is 0 Å². The molecule has 2 amide bonds. The van der Waals surface area contributed by atoms with E-state index < -0.39 is 5.91 Å². The highest BCUT2D eigenvalue weighted by molar-refractivity contribution is 5.97. The van der Waals surface area contributed by atoms with Gasteiger partial charge in [-0.05, 0) is 29.8 Å².